The molecule has 0 spiro atoms. The Bertz CT molecular complexity index is 773. The highest BCUT2D eigenvalue weighted by molar-refractivity contribution is 7.89. The molecule has 0 aromatic heterocycles. The summed E-state index contributed by atoms with van der Waals surface area (Å²) in [6.07, 6.45) is 7.10. The minimum atomic E-state index is -3.25. The number of hydrogen-bond donors (Lipinski definition) is 1. The van der Waals surface area contributed by atoms with E-state index in [1.54, 1.807) is 0 Å². The summed E-state index contributed by atoms with van der Waals surface area (Å²) < 4.78 is 27.2. The number of allylic oxidation sites excluding steroid dienone is 3. The van der Waals surface area contributed by atoms with E-state index in [0.717, 1.165) is 5.56 Å². The predicted octanol–water partition coefficient (Wildman–Crippen LogP) is 4.20. The number of hydrogen-bond acceptors (Lipinski definition) is 2. The van der Waals surface area contributed by atoms with Crippen LogP contribution < -0.4 is 4.72 Å². The molecule has 0 amide bonds. The SMILES string of the molecule is CC1(C2NS(=O)(=O)CCC2c2cccc(Cl)c2)C=CC(Cl)=CC1. The van der Waals surface area contributed by atoms with Gasteiger partial charge in [0.2, 0.25) is 10.0 Å². The Balaban J connectivity index is 1.99. The maximum absolute atomic E-state index is 12.2. The summed E-state index contributed by atoms with van der Waals surface area (Å²) in [7, 11) is -3.25. The average molecular weight is 372 g/mol. The zero-order chi connectivity index (χ0) is 16.7. The molecule has 3 atom stereocenters. The van der Waals surface area contributed by atoms with E-state index in [-0.39, 0.29) is 23.1 Å². The number of nitrogens with one attached hydrogen (secondary N) is 1. The van der Waals surface area contributed by atoms with Crippen molar-refractivity contribution in [2.24, 2.45) is 5.41 Å². The lowest BCUT2D eigenvalue weighted by Gasteiger charge is -2.44. The van der Waals surface area contributed by atoms with E-state index in [4.69, 9.17) is 23.2 Å². The average Bonchev–Trinajstić information content (AvgIpc) is 2.49. The summed E-state index contributed by atoms with van der Waals surface area (Å²) in [6.45, 7) is 2.07. The highest BCUT2D eigenvalue weighted by Crippen LogP contribution is 2.43. The molecular formula is C17H19Cl2NO2S. The molecule has 1 fully saturated rings. The van der Waals surface area contributed by atoms with Gasteiger partial charge in [-0.25, -0.2) is 13.1 Å². The van der Waals surface area contributed by atoms with Crippen LogP contribution in [0.3, 0.4) is 0 Å². The van der Waals surface area contributed by atoms with Crippen molar-refractivity contribution in [3.05, 3.63) is 58.1 Å². The van der Waals surface area contributed by atoms with Crippen LogP contribution in [0, 0.1) is 5.41 Å². The van der Waals surface area contributed by atoms with E-state index in [9.17, 15) is 8.42 Å². The maximum atomic E-state index is 12.2. The summed E-state index contributed by atoms with van der Waals surface area (Å²) >= 11 is 12.2. The first-order valence-corrected chi connectivity index (χ1v) is 10.0. The lowest BCUT2D eigenvalue weighted by atomic mass is 9.70. The van der Waals surface area contributed by atoms with Crippen LogP contribution in [0.15, 0.2) is 47.5 Å². The maximum Gasteiger partial charge on any atom is 0.211 e. The van der Waals surface area contributed by atoms with Crippen molar-refractivity contribution in [1.29, 1.82) is 0 Å². The fourth-order valence-corrected chi connectivity index (χ4v) is 5.27. The van der Waals surface area contributed by atoms with Crippen LogP contribution >= 0.6 is 23.2 Å². The minimum Gasteiger partial charge on any atom is -0.212 e. The van der Waals surface area contributed by atoms with Crippen LogP contribution in [0.2, 0.25) is 5.02 Å². The molecule has 3 rings (SSSR count). The van der Waals surface area contributed by atoms with Gasteiger partial charge in [-0.05, 0) is 36.6 Å². The summed E-state index contributed by atoms with van der Waals surface area (Å²) in [4.78, 5) is 0. The van der Waals surface area contributed by atoms with Crippen molar-refractivity contribution in [3.8, 4) is 0 Å². The Morgan fingerprint density at radius 3 is 2.74 bits per heavy atom. The quantitative estimate of drug-likeness (QED) is 0.846. The Kier molecular flexibility index (Phi) is 4.62. The van der Waals surface area contributed by atoms with Gasteiger partial charge in [0.25, 0.3) is 0 Å². The van der Waals surface area contributed by atoms with Gasteiger partial charge < -0.3 is 0 Å². The molecule has 0 radical (unpaired) electrons. The third kappa shape index (κ3) is 3.66. The fourth-order valence-electron chi connectivity index (χ4n) is 3.43. The molecule has 2 aliphatic rings. The van der Waals surface area contributed by atoms with E-state index in [1.807, 2.05) is 42.5 Å². The van der Waals surface area contributed by atoms with Gasteiger partial charge in [0.05, 0.1) is 5.75 Å². The van der Waals surface area contributed by atoms with Crippen LogP contribution in [0.5, 0.6) is 0 Å². The molecule has 0 saturated carbocycles. The molecule has 3 nitrogen and oxygen atoms in total. The fraction of sp³-hybridized carbons (Fsp3) is 0.412. The monoisotopic (exact) mass is 371 g/mol. The number of benzene rings is 1. The van der Waals surface area contributed by atoms with Gasteiger partial charge in [0, 0.05) is 27.4 Å². The highest BCUT2D eigenvalue weighted by atomic mass is 35.5. The smallest absolute Gasteiger partial charge is 0.211 e. The molecule has 1 aromatic carbocycles. The zero-order valence-corrected chi connectivity index (χ0v) is 15.1. The summed E-state index contributed by atoms with van der Waals surface area (Å²) in [6, 6.07) is 7.46. The molecule has 1 saturated heterocycles. The molecule has 3 unspecified atom stereocenters. The van der Waals surface area contributed by atoms with Crippen molar-refractivity contribution < 1.29 is 8.42 Å². The Hall–Kier alpha value is -0.810. The van der Waals surface area contributed by atoms with Crippen LogP contribution in [-0.4, -0.2) is 20.2 Å². The Morgan fingerprint density at radius 1 is 1.30 bits per heavy atom. The van der Waals surface area contributed by atoms with Crippen LogP contribution in [0.1, 0.15) is 31.2 Å². The summed E-state index contributed by atoms with van der Waals surface area (Å²) in [5, 5.41) is 1.36. The molecule has 23 heavy (non-hydrogen) atoms. The van der Waals surface area contributed by atoms with Gasteiger partial charge in [-0.1, -0.05) is 54.4 Å². The van der Waals surface area contributed by atoms with Gasteiger partial charge in [-0.15, -0.1) is 0 Å². The van der Waals surface area contributed by atoms with E-state index >= 15 is 0 Å². The van der Waals surface area contributed by atoms with E-state index in [0.29, 0.717) is 22.9 Å². The molecule has 1 aromatic rings. The predicted molar refractivity (Wildman–Crippen MR) is 95.3 cm³/mol. The highest BCUT2D eigenvalue weighted by Gasteiger charge is 2.43. The van der Waals surface area contributed by atoms with Crippen molar-refractivity contribution >= 4 is 33.2 Å². The van der Waals surface area contributed by atoms with E-state index in [2.05, 4.69) is 11.6 Å². The Labute approximate surface area is 147 Å². The topological polar surface area (TPSA) is 46.2 Å². The molecule has 1 N–H and O–H groups in total. The van der Waals surface area contributed by atoms with E-state index < -0.39 is 10.0 Å². The van der Waals surface area contributed by atoms with Gasteiger partial charge in [-0.2, -0.15) is 0 Å². The second-order valence-electron chi connectivity index (χ2n) is 6.50. The summed E-state index contributed by atoms with van der Waals surface area (Å²) in [5.41, 5.74) is 0.749. The normalized spacial score (nSPS) is 33.3. The molecular weight excluding hydrogens is 353 g/mol. The standard InChI is InChI=1S/C17H19Cl2NO2S/c1-17(8-5-13(18)6-9-17)16-15(7-10-23(21,22)20-16)12-3-2-4-14(19)11-12/h2-6,8,11,15-16,20H,7,9-10H2,1H3. The molecule has 124 valence electrons. The molecule has 1 aliphatic carbocycles. The van der Waals surface area contributed by atoms with Gasteiger partial charge in [0.15, 0.2) is 0 Å². The van der Waals surface area contributed by atoms with Gasteiger partial charge in [-0.3, -0.25) is 0 Å². The molecule has 1 aliphatic heterocycles. The van der Waals surface area contributed by atoms with Crippen LogP contribution in [0.25, 0.3) is 0 Å². The number of sulfonamides is 1. The number of halogens is 2. The first-order chi connectivity index (χ1) is 10.8. The van der Waals surface area contributed by atoms with Crippen LogP contribution in [-0.2, 0) is 10.0 Å². The van der Waals surface area contributed by atoms with Crippen molar-refractivity contribution in [2.45, 2.75) is 31.7 Å². The second kappa shape index (κ2) is 6.25. The van der Waals surface area contributed by atoms with E-state index in [1.165, 1.54) is 0 Å². The van der Waals surface area contributed by atoms with Crippen molar-refractivity contribution in [3.63, 3.8) is 0 Å². The van der Waals surface area contributed by atoms with Gasteiger partial charge in [0.1, 0.15) is 0 Å². The van der Waals surface area contributed by atoms with Gasteiger partial charge >= 0.3 is 0 Å². The first-order valence-electron chi connectivity index (χ1n) is 7.59. The lowest BCUT2D eigenvalue weighted by molar-refractivity contribution is 0.259. The third-order valence-corrected chi connectivity index (χ3v) is 6.66. The zero-order valence-electron chi connectivity index (χ0n) is 12.8. The Morgan fingerprint density at radius 2 is 2.09 bits per heavy atom. The van der Waals surface area contributed by atoms with Crippen molar-refractivity contribution in [2.75, 3.05) is 5.75 Å². The lowest BCUT2D eigenvalue weighted by Crippen LogP contribution is -2.53. The largest absolute Gasteiger partial charge is 0.212 e. The molecule has 0 bridgehead atoms. The molecule has 6 heteroatoms. The van der Waals surface area contributed by atoms with Crippen LogP contribution in [0.4, 0.5) is 0 Å². The third-order valence-electron chi connectivity index (χ3n) is 4.75. The molecule has 1 heterocycles. The van der Waals surface area contributed by atoms with Crippen molar-refractivity contribution in [1.82, 2.24) is 4.72 Å². The first kappa shape index (κ1) is 17.0. The second-order valence-corrected chi connectivity index (χ2v) is 9.24. The summed E-state index contributed by atoms with van der Waals surface area (Å²) in [5.74, 6) is 0.217. The number of rotatable bonds is 2. The minimum absolute atomic E-state index is 0.0807.